The Morgan fingerprint density at radius 1 is 1.30 bits per heavy atom. The molecule has 6 nitrogen and oxygen atoms in total. The molecule has 0 saturated heterocycles. The van der Waals surface area contributed by atoms with Gasteiger partial charge in [0.2, 0.25) is 5.91 Å². The number of nitrogens with zero attached hydrogens (tertiary/aromatic N) is 3. The third kappa shape index (κ3) is 2.61. The monoisotopic (exact) mass is 366 g/mol. The zero-order chi connectivity index (χ0) is 19.4. The zero-order valence-electron chi connectivity index (χ0n) is 16.4. The van der Waals surface area contributed by atoms with Gasteiger partial charge >= 0.3 is 0 Å². The van der Waals surface area contributed by atoms with Crippen molar-refractivity contribution in [3.63, 3.8) is 0 Å². The molecule has 2 bridgehead atoms. The SMILES string of the molecule is Cn1nc(CC(=O)N/N=C2/C[C@H]3CC[C@@]2(C)C3(C)C)c2ccccc2c1=O. The summed E-state index contributed by atoms with van der Waals surface area (Å²) in [5.74, 6) is 0.440. The molecule has 2 fully saturated rings. The number of hydrogen-bond donors (Lipinski definition) is 1. The molecule has 2 atom stereocenters. The summed E-state index contributed by atoms with van der Waals surface area (Å²) in [7, 11) is 1.61. The number of carbonyl (C=O) groups is 1. The van der Waals surface area contributed by atoms with Crippen LogP contribution >= 0.6 is 0 Å². The van der Waals surface area contributed by atoms with Crippen LogP contribution < -0.4 is 11.0 Å². The molecule has 0 spiro atoms. The van der Waals surface area contributed by atoms with Gasteiger partial charge in [-0.25, -0.2) is 10.1 Å². The van der Waals surface area contributed by atoms with Crippen LogP contribution in [-0.2, 0) is 18.3 Å². The lowest BCUT2D eigenvalue weighted by Gasteiger charge is -2.34. The molecule has 1 aromatic heterocycles. The Morgan fingerprint density at radius 3 is 2.63 bits per heavy atom. The standard InChI is InChI=1S/C21H26N4O2/c1-20(2)13-9-10-21(20,3)17(11-13)22-23-18(26)12-16-14-7-5-6-8-15(14)19(27)25(4)24-16/h5-8,13H,9-12H2,1-4H3,(H,23,26)/b22-17-/t13-,21-/m1/s1. The van der Waals surface area contributed by atoms with Crippen LogP contribution in [0.4, 0.5) is 0 Å². The summed E-state index contributed by atoms with van der Waals surface area (Å²) in [6.45, 7) is 6.90. The normalized spacial score (nSPS) is 27.4. The van der Waals surface area contributed by atoms with Crippen LogP contribution in [0.25, 0.3) is 10.8 Å². The highest BCUT2D eigenvalue weighted by molar-refractivity contribution is 5.95. The summed E-state index contributed by atoms with van der Waals surface area (Å²) < 4.78 is 1.29. The van der Waals surface area contributed by atoms with Crippen molar-refractivity contribution in [1.29, 1.82) is 0 Å². The van der Waals surface area contributed by atoms with Gasteiger partial charge < -0.3 is 0 Å². The quantitative estimate of drug-likeness (QED) is 0.849. The highest BCUT2D eigenvalue weighted by Gasteiger charge is 2.60. The number of aromatic nitrogens is 2. The molecule has 4 rings (SSSR count). The Bertz CT molecular complexity index is 1020. The lowest BCUT2D eigenvalue weighted by Crippen LogP contribution is -2.34. The van der Waals surface area contributed by atoms with Crippen molar-refractivity contribution in [3.05, 3.63) is 40.3 Å². The smallest absolute Gasteiger partial charge is 0.273 e. The van der Waals surface area contributed by atoms with Crippen molar-refractivity contribution in [3.8, 4) is 0 Å². The second-order valence-electron chi connectivity index (χ2n) is 8.68. The van der Waals surface area contributed by atoms with E-state index >= 15 is 0 Å². The number of hydrazone groups is 1. The number of benzene rings is 1. The van der Waals surface area contributed by atoms with Gasteiger partial charge in [0.25, 0.3) is 5.56 Å². The number of hydrogen-bond acceptors (Lipinski definition) is 4. The van der Waals surface area contributed by atoms with E-state index < -0.39 is 0 Å². The second kappa shape index (κ2) is 6.01. The second-order valence-corrected chi connectivity index (χ2v) is 8.68. The van der Waals surface area contributed by atoms with Gasteiger partial charge in [0.15, 0.2) is 0 Å². The number of nitrogens with one attached hydrogen (secondary N) is 1. The Morgan fingerprint density at radius 2 is 2.00 bits per heavy atom. The summed E-state index contributed by atoms with van der Waals surface area (Å²) in [4.78, 5) is 24.7. The first-order chi connectivity index (χ1) is 12.7. The summed E-state index contributed by atoms with van der Waals surface area (Å²) in [5, 5.41) is 10.1. The van der Waals surface area contributed by atoms with Crippen molar-refractivity contribution in [2.45, 2.75) is 46.5 Å². The first kappa shape index (κ1) is 17.9. The molecule has 2 saturated carbocycles. The Hall–Kier alpha value is -2.50. The predicted molar refractivity (Wildman–Crippen MR) is 105 cm³/mol. The fraction of sp³-hybridized carbons (Fsp3) is 0.524. The number of fused-ring (bicyclic) bond motifs is 3. The summed E-state index contributed by atoms with van der Waals surface area (Å²) in [5.41, 5.74) is 4.57. The van der Waals surface area contributed by atoms with Crippen LogP contribution in [-0.4, -0.2) is 21.4 Å². The molecule has 27 heavy (non-hydrogen) atoms. The van der Waals surface area contributed by atoms with Gasteiger partial charge in [-0.2, -0.15) is 10.2 Å². The fourth-order valence-corrected chi connectivity index (χ4v) is 4.93. The van der Waals surface area contributed by atoms with Crippen molar-refractivity contribution in [2.75, 3.05) is 0 Å². The summed E-state index contributed by atoms with van der Waals surface area (Å²) in [6.07, 6.45) is 3.43. The van der Waals surface area contributed by atoms with Crippen molar-refractivity contribution < 1.29 is 4.79 Å². The van der Waals surface area contributed by atoms with Crippen molar-refractivity contribution in [1.82, 2.24) is 15.2 Å². The van der Waals surface area contributed by atoms with E-state index in [9.17, 15) is 9.59 Å². The summed E-state index contributed by atoms with van der Waals surface area (Å²) >= 11 is 0. The zero-order valence-corrected chi connectivity index (χ0v) is 16.4. The fourth-order valence-electron chi connectivity index (χ4n) is 4.93. The van der Waals surface area contributed by atoms with E-state index in [0.29, 0.717) is 17.0 Å². The molecule has 1 aromatic carbocycles. The Kier molecular flexibility index (Phi) is 3.98. The van der Waals surface area contributed by atoms with Gasteiger partial charge in [0.05, 0.1) is 17.5 Å². The molecule has 1 heterocycles. The first-order valence-electron chi connectivity index (χ1n) is 9.55. The van der Waals surface area contributed by atoms with Crippen molar-refractivity contribution in [2.24, 2.45) is 28.9 Å². The van der Waals surface area contributed by atoms with Gasteiger partial charge in [-0.05, 0) is 36.7 Å². The van der Waals surface area contributed by atoms with Gasteiger partial charge in [-0.1, -0.05) is 39.0 Å². The molecule has 2 aliphatic rings. The molecule has 0 radical (unpaired) electrons. The molecular formula is C21H26N4O2. The van der Waals surface area contributed by atoms with Gasteiger partial charge in [-0.3, -0.25) is 9.59 Å². The van der Waals surface area contributed by atoms with E-state index in [-0.39, 0.29) is 28.7 Å². The summed E-state index contributed by atoms with van der Waals surface area (Å²) in [6, 6.07) is 7.26. The minimum atomic E-state index is -0.206. The molecule has 2 aromatic rings. The maximum Gasteiger partial charge on any atom is 0.274 e. The predicted octanol–water partition coefficient (Wildman–Crippen LogP) is 2.79. The van der Waals surface area contributed by atoms with Gasteiger partial charge in [0, 0.05) is 23.6 Å². The maximum atomic E-state index is 12.5. The maximum absolute atomic E-state index is 12.5. The van der Waals surface area contributed by atoms with Crippen LogP contribution in [0.5, 0.6) is 0 Å². The lowest BCUT2D eigenvalue weighted by atomic mass is 9.70. The molecule has 0 aliphatic heterocycles. The lowest BCUT2D eigenvalue weighted by molar-refractivity contribution is -0.120. The van der Waals surface area contributed by atoms with Gasteiger partial charge in [0.1, 0.15) is 0 Å². The number of rotatable bonds is 3. The topological polar surface area (TPSA) is 76.3 Å². The third-order valence-corrected chi connectivity index (χ3v) is 7.19. The van der Waals surface area contributed by atoms with E-state index in [0.717, 1.165) is 23.9 Å². The Balaban J connectivity index is 1.56. The molecule has 1 amide bonds. The van der Waals surface area contributed by atoms with E-state index in [1.165, 1.54) is 11.1 Å². The first-order valence-corrected chi connectivity index (χ1v) is 9.55. The molecular weight excluding hydrogens is 340 g/mol. The van der Waals surface area contributed by atoms with E-state index in [1.807, 2.05) is 18.2 Å². The molecule has 2 aliphatic carbocycles. The largest absolute Gasteiger partial charge is 0.274 e. The van der Waals surface area contributed by atoms with Crippen molar-refractivity contribution >= 4 is 22.4 Å². The van der Waals surface area contributed by atoms with Crippen LogP contribution in [0.15, 0.2) is 34.2 Å². The average Bonchev–Trinajstić information content (AvgIpc) is 2.97. The molecule has 0 unspecified atom stereocenters. The van der Waals surface area contributed by atoms with E-state index in [4.69, 9.17) is 0 Å². The number of carbonyl (C=O) groups excluding carboxylic acids is 1. The Labute approximate surface area is 158 Å². The van der Waals surface area contributed by atoms with Gasteiger partial charge in [-0.15, -0.1) is 0 Å². The van der Waals surface area contributed by atoms with E-state index in [2.05, 4.69) is 36.4 Å². The minimum absolute atomic E-state index is 0.0620. The third-order valence-electron chi connectivity index (χ3n) is 7.19. The van der Waals surface area contributed by atoms with Crippen LogP contribution in [0.1, 0.15) is 45.7 Å². The molecule has 142 valence electrons. The highest BCUT2D eigenvalue weighted by Crippen LogP contribution is 2.63. The molecule has 1 N–H and O–H groups in total. The van der Waals surface area contributed by atoms with E-state index in [1.54, 1.807) is 13.1 Å². The minimum Gasteiger partial charge on any atom is -0.273 e. The highest BCUT2D eigenvalue weighted by atomic mass is 16.2. The van der Waals surface area contributed by atoms with Crippen LogP contribution in [0.2, 0.25) is 0 Å². The number of amides is 1. The molecule has 6 heteroatoms. The average molecular weight is 366 g/mol. The van der Waals surface area contributed by atoms with Crippen LogP contribution in [0.3, 0.4) is 0 Å². The van der Waals surface area contributed by atoms with Crippen LogP contribution in [0, 0.1) is 16.7 Å². The number of aryl methyl sites for hydroxylation is 1.